The first kappa shape index (κ1) is 23.3. The van der Waals surface area contributed by atoms with Crippen molar-refractivity contribution >= 4 is 11.8 Å². The molecule has 0 aliphatic carbocycles. The van der Waals surface area contributed by atoms with Crippen molar-refractivity contribution in [2.24, 2.45) is 5.92 Å². The van der Waals surface area contributed by atoms with Crippen LogP contribution in [-0.2, 0) is 22.6 Å². The van der Waals surface area contributed by atoms with E-state index in [1.807, 2.05) is 62.4 Å². The van der Waals surface area contributed by atoms with Gasteiger partial charge in [-0.1, -0.05) is 38.1 Å². The third-order valence-corrected chi connectivity index (χ3v) is 4.85. The summed E-state index contributed by atoms with van der Waals surface area (Å²) in [4.78, 5) is 27.5. The molecule has 0 aromatic heterocycles. The maximum Gasteiger partial charge on any atom is 0.242 e. The maximum absolute atomic E-state index is 13.2. The second kappa shape index (κ2) is 11.2. The van der Waals surface area contributed by atoms with E-state index in [9.17, 15) is 9.59 Å². The Kier molecular flexibility index (Phi) is 8.71. The van der Waals surface area contributed by atoms with E-state index in [0.717, 1.165) is 16.9 Å². The number of carbonyl (C=O) groups is 2. The fourth-order valence-electron chi connectivity index (χ4n) is 3.02. The standard InChI is InChI=1S/C24H32N2O4/c1-17(2)15-25-24(28)18(3)26(16-20-7-6-8-22(13-20)30-5)23(27)14-19-9-11-21(29-4)12-10-19/h6-13,17-18H,14-16H2,1-5H3,(H,25,28)/t18-/m0/s1. The average Bonchev–Trinajstić information content (AvgIpc) is 2.75. The zero-order chi connectivity index (χ0) is 22.1. The van der Waals surface area contributed by atoms with Gasteiger partial charge in [0.2, 0.25) is 11.8 Å². The number of rotatable bonds is 10. The zero-order valence-electron chi connectivity index (χ0n) is 18.5. The second-order valence-electron chi connectivity index (χ2n) is 7.71. The normalized spacial score (nSPS) is 11.7. The molecular weight excluding hydrogens is 380 g/mol. The molecule has 0 aliphatic rings. The molecule has 0 bridgehead atoms. The van der Waals surface area contributed by atoms with Crippen molar-refractivity contribution in [2.75, 3.05) is 20.8 Å². The number of methoxy groups -OCH3 is 2. The summed E-state index contributed by atoms with van der Waals surface area (Å²) in [6.07, 6.45) is 0.204. The predicted octanol–water partition coefficient (Wildman–Crippen LogP) is 3.44. The largest absolute Gasteiger partial charge is 0.497 e. The average molecular weight is 413 g/mol. The summed E-state index contributed by atoms with van der Waals surface area (Å²) in [7, 11) is 3.21. The van der Waals surface area contributed by atoms with Crippen LogP contribution in [0.1, 0.15) is 31.9 Å². The molecular formula is C24H32N2O4. The van der Waals surface area contributed by atoms with E-state index < -0.39 is 6.04 Å². The third-order valence-electron chi connectivity index (χ3n) is 4.85. The maximum atomic E-state index is 13.2. The summed E-state index contributed by atoms with van der Waals surface area (Å²) >= 11 is 0. The Morgan fingerprint density at radius 1 is 0.933 bits per heavy atom. The predicted molar refractivity (Wildman–Crippen MR) is 118 cm³/mol. The van der Waals surface area contributed by atoms with E-state index >= 15 is 0 Å². The number of nitrogens with one attached hydrogen (secondary N) is 1. The Bertz CT molecular complexity index is 833. The molecule has 6 nitrogen and oxygen atoms in total. The van der Waals surface area contributed by atoms with E-state index in [2.05, 4.69) is 5.32 Å². The third kappa shape index (κ3) is 6.79. The Morgan fingerprint density at radius 2 is 1.60 bits per heavy atom. The van der Waals surface area contributed by atoms with Crippen LogP contribution in [-0.4, -0.2) is 43.5 Å². The number of amides is 2. The van der Waals surface area contributed by atoms with Crippen LogP contribution < -0.4 is 14.8 Å². The Labute approximate surface area is 179 Å². The molecule has 0 saturated carbocycles. The van der Waals surface area contributed by atoms with Crippen LogP contribution in [0.3, 0.4) is 0 Å². The van der Waals surface area contributed by atoms with E-state index in [1.165, 1.54) is 0 Å². The van der Waals surface area contributed by atoms with E-state index in [1.54, 1.807) is 26.0 Å². The SMILES string of the molecule is COc1ccc(CC(=O)N(Cc2cccc(OC)c2)[C@@H](C)C(=O)NCC(C)C)cc1. The van der Waals surface area contributed by atoms with E-state index in [-0.39, 0.29) is 18.2 Å². The van der Waals surface area contributed by atoms with Crippen LogP contribution >= 0.6 is 0 Å². The topological polar surface area (TPSA) is 67.9 Å². The van der Waals surface area contributed by atoms with Gasteiger partial charge in [0.05, 0.1) is 20.6 Å². The van der Waals surface area contributed by atoms with Gasteiger partial charge in [-0.05, 0) is 48.2 Å². The van der Waals surface area contributed by atoms with Gasteiger partial charge in [-0.3, -0.25) is 9.59 Å². The highest BCUT2D eigenvalue weighted by Gasteiger charge is 2.26. The van der Waals surface area contributed by atoms with Gasteiger partial charge in [0.15, 0.2) is 0 Å². The van der Waals surface area contributed by atoms with Gasteiger partial charge in [-0.15, -0.1) is 0 Å². The van der Waals surface area contributed by atoms with Crippen molar-refractivity contribution < 1.29 is 19.1 Å². The van der Waals surface area contributed by atoms with Crippen LogP contribution in [0, 0.1) is 5.92 Å². The Balaban J connectivity index is 2.21. The minimum Gasteiger partial charge on any atom is -0.497 e. The second-order valence-corrected chi connectivity index (χ2v) is 7.71. The van der Waals surface area contributed by atoms with Crippen molar-refractivity contribution in [3.05, 3.63) is 59.7 Å². The molecule has 6 heteroatoms. The molecule has 0 heterocycles. The van der Waals surface area contributed by atoms with E-state index in [4.69, 9.17) is 9.47 Å². The molecule has 1 atom stereocenters. The van der Waals surface area contributed by atoms with Gasteiger partial charge in [0, 0.05) is 13.1 Å². The minimum atomic E-state index is -0.597. The Hall–Kier alpha value is -3.02. The summed E-state index contributed by atoms with van der Waals surface area (Å²) in [6, 6.07) is 14.3. The molecule has 2 rings (SSSR count). The molecule has 0 fully saturated rings. The number of hydrogen-bond donors (Lipinski definition) is 1. The summed E-state index contributed by atoms with van der Waals surface area (Å²) in [5, 5.41) is 2.93. The highest BCUT2D eigenvalue weighted by atomic mass is 16.5. The number of hydrogen-bond acceptors (Lipinski definition) is 4. The zero-order valence-corrected chi connectivity index (χ0v) is 18.5. The molecule has 1 N–H and O–H groups in total. The fourth-order valence-corrected chi connectivity index (χ4v) is 3.02. The molecule has 0 saturated heterocycles. The van der Waals surface area contributed by atoms with Gasteiger partial charge in [0.1, 0.15) is 17.5 Å². The first-order chi connectivity index (χ1) is 14.3. The van der Waals surface area contributed by atoms with Crippen molar-refractivity contribution in [1.29, 1.82) is 0 Å². The number of benzene rings is 2. The first-order valence-electron chi connectivity index (χ1n) is 10.2. The highest BCUT2D eigenvalue weighted by Crippen LogP contribution is 2.18. The van der Waals surface area contributed by atoms with Crippen LogP contribution in [0.4, 0.5) is 0 Å². The summed E-state index contributed by atoms with van der Waals surface area (Å²) in [6.45, 7) is 6.73. The lowest BCUT2D eigenvalue weighted by atomic mass is 10.1. The lowest BCUT2D eigenvalue weighted by Gasteiger charge is -2.29. The lowest BCUT2D eigenvalue weighted by Crippen LogP contribution is -2.48. The lowest BCUT2D eigenvalue weighted by molar-refractivity contribution is -0.140. The Morgan fingerprint density at radius 3 is 2.20 bits per heavy atom. The molecule has 2 amide bonds. The van der Waals surface area contributed by atoms with Crippen LogP contribution in [0.5, 0.6) is 11.5 Å². The number of carbonyl (C=O) groups excluding carboxylic acids is 2. The monoisotopic (exact) mass is 412 g/mol. The van der Waals surface area contributed by atoms with Crippen molar-refractivity contribution in [1.82, 2.24) is 10.2 Å². The van der Waals surface area contributed by atoms with Gasteiger partial charge < -0.3 is 19.7 Å². The van der Waals surface area contributed by atoms with Crippen molar-refractivity contribution in [3.8, 4) is 11.5 Å². The smallest absolute Gasteiger partial charge is 0.242 e. The van der Waals surface area contributed by atoms with Crippen LogP contribution in [0.25, 0.3) is 0 Å². The van der Waals surface area contributed by atoms with E-state index in [0.29, 0.717) is 24.8 Å². The fraction of sp³-hybridized carbons (Fsp3) is 0.417. The first-order valence-corrected chi connectivity index (χ1v) is 10.2. The molecule has 162 valence electrons. The molecule has 30 heavy (non-hydrogen) atoms. The minimum absolute atomic E-state index is 0.116. The summed E-state index contributed by atoms with van der Waals surface area (Å²) < 4.78 is 10.5. The molecule has 0 unspecified atom stereocenters. The molecule has 0 spiro atoms. The van der Waals surface area contributed by atoms with Gasteiger partial charge in [0.25, 0.3) is 0 Å². The summed E-state index contributed by atoms with van der Waals surface area (Å²) in [5.74, 6) is 1.51. The van der Waals surface area contributed by atoms with Crippen LogP contribution in [0.15, 0.2) is 48.5 Å². The van der Waals surface area contributed by atoms with Crippen LogP contribution in [0.2, 0.25) is 0 Å². The van der Waals surface area contributed by atoms with Gasteiger partial charge in [-0.25, -0.2) is 0 Å². The quantitative estimate of drug-likeness (QED) is 0.649. The van der Waals surface area contributed by atoms with Gasteiger partial charge in [-0.2, -0.15) is 0 Å². The molecule has 2 aromatic carbocycles. The van der Waals surface area contributed by atoms with Gasteiger partial charge >= 0.3 is 0 Å². The number of nitrogens with zero attached hydrogens (tertiary/aromatic N) is 1. The molecule has 0 aliphatic heterocycles. The molecule has 2 aromatic rings. The summed E-state index contributed by atoms with van der Waals surface area (Å²) in [5.41, 5.74) is 1.77. The highest BCUT2D eigenvalue weighted by molar-refractivity contribution is 5.88. The van der Waals surface area contributed by atoms with Crippen molar-refractivity contribution in [2.45, 2.75) is 39.8 Å². The molecule has 0 radical (unpaired) electrons. The van der Waals surface area contributed by atoms with Crippen molar-refractivity contribution in [3.63, 3.8) is 0 Å². The number of ether oxygens (including phenoxy) is 2.